The van der Waals surface area contributed by atoms with Gasteiger partial charge < -0.3 is 13.7 Å². The topological polar surface area (TPSA) is 29.5 Å². The second-order valence-electron chi connectivity index (χ2n) is 14.4. The Hall–Kier alpha value is -7.14. The molecule has 56 heavy (non-hydrogen) atoms. The van der Waals surface area contributed by atoms with E-state index in [2.05, 4.69) is 187 Å². The van der Waals surface area contributed by atoms with E-state index in [1.54, 1.807) is 0 Å². The molecular weight excluding hydrogens is 703 g/mol. The summed E-state index contributed by atoms with van der Waals surface area (Å²) in [4.78, 5) is 2.40. The van der Waals surface area contributed by atoms with Gasteiger partial charge in [-0.05, 0) is 82.7 Å². The van der Waals surface area contributed by atoms with Crippen LogP contribution in [0.1, 0.15) is 0 Å². The number of anilines is 3. The van der Waals surface area contributed by atoms with Gasteiger partial charge in [0.25, 0.3) is 0 Å². The van der Waals surface area contributed by atoms with Crippen molar-refractivity contribution in [2.24, 2.45) is 0 Å². The molecule has 0 atom stereocenters. The molecule has 262 valence electrons. The Morgan fingerprint density at radius 2 is 1.07 bits per heavy atom. The molecule has 0 aliphatic heterocycles. The van der Waals surface area contributed by atoms with Crippen LogP contribution in [-0.4, -0.2) is 0 Å². The van der Waals surface area contributed by atoms with Crippen molar-refractivity contribution < 1.29 is 8.83 Å². The Kier molecular flexibility index (Phi) is 6.80. The Labute approximate surface area is 325 Å². The minimum Gasteiger partial charge on any atom is -0.456 e. The number of benzene rings is 9. The predicted octanol–water partition coefficient (Wildman–Crippen LogP) is 15.8. The van der Waals surface area contributed by atoms with Crippen LogP contribution in [0.25, 0.3) is 97.1 Å². The largest absolute Gasteiger partial charge is 0.456 e. The van der Waals surface area contributed by atoms with E-state index in [4.69, 9.17) is 8.83 Å². The molecule has 12 rings (SSSR count). The van der Waals surface area contributed by atoms with Gasteiger partial charge in [-0.3, -0.25) is 0 Å². The number of fused-ring (bicyclic) bond motifs is 11. The highest BCUT2D eigenvalue weighted by atomic mass is 32.1. The maximum atomic E-state index is 6.52. The lowest BCUT2D eigenvalue weighted by Gasteiger charge is -2.28. The van der Waals surface area contributed by atoms with Gasteiger partial charge in [0, 0.05) is 53.0 Å². The number of hydrogen-bond acceptors (Lipinski definition) is 4. The summed E-state index contributed by atoms with van der Waals surface area (Å²) in [6, 6.07) is 67.3. The number of furan rings is 2. The summed E-state index contributed by atoms with van der Waals surface area (Å²) in [5, 5.41) is 9.31. The summed E-state index contributed by atoms with van der Waals surface area (Å²) >= 11 is 1.87. The lowest BCUT2D eigenvalue weighted by molar-refractivity contribution is 0.669. The molecule has 0 aliphatic carbocycles. The fourth-order valence-corrected chi connectivity index (χ4v) is 9.94. The molecule has 0 unspecified atom stereocenters. The molecule has 9 aromatic carbocycles. The van der Waals surface area contributed by atoms with Gasteiger partial charge in [-0.15, -0.1) is 11.3 Å². The highest BCUT2D eigenvalue weighted by molar-refractivity contribution is 7.26. The molecule has 3 heterocycles. The molecule has 0 saturated carbocycles. The summed E-state index contributed by atoms with van der Waals surface area (Å²) in [6.07, 6.45) is 0. The van der Waals surface area contributed by atoms with E-state index < -0.39 is 0 Å². The normalized spacial score (nSPS) is 11.9. The van der Waals surface area contributed by atoms with Crippen molar-refractivity contribution >= 4 is 103 Å². The zero-order chi connectivity index (χ0) is 36.7. The van der Waals surface area contributed by atoms with Gasteiger partial charge in [0.15, 0.2) is 0 Å². The number of hydrogen-bond donors (Lipinski definition) is 0. The van der Waals surface area contributed by atoms with Crippen molar-refractivity contribution in [3.8, 4) is 22.3 Å². The van der Waals surface area contributed by atoms with Crippen molar-refractivity contribution in [3.05, 3.63) is 188 Å². The highest BCUT2D eigenvalue weighted by Gasteiger charge is 2.23. The SMILES string of the molecule is c1ccc(N(c2ccc(-c3cccc4c3sc3ccccc34)cc2)c2cccc3oc4ccccc4c23)c(-c2ccc3oc4c5ccccc5ccc4c3c2)c1. The molecule has 12 aromatic rings. The molecule has 0 fully saturated rings. The number of para-hydroxylation sites is 2. The molecular formula is C52H31NO2S. The van der Waals surface area contributed by atoms with E-state index in [1.807, 2.05) is 17.4 Å². The van der Waals surface area contributed by atoms with E-state index in [0.29, 0.717) is 0 Å². The molecule has 0 amide bonds. The molecule has 0 spiro atoms. The van der Waals surface area contributed by atoms with Crippen LogP contribution < -0.4 is 4.90 Å². The fraction of sp³-hybridized carbons (Fsp3) is 0. The van der Waals surface area contributed by atoms with Crippen LogP contribution in [0.2, 0.25) is 0 Å². The zero-order valence-corrected chi connectivity index (χ0v) is 30.9. The van der Waals surface area contributed by atoms with Crippen LogP contribution in [0.15, 0.2) is 197 Å². The van der Waals surface area contributed by atoms with Crippen molar-refractivity contribution in [3.63, 3.8) is 0 Å². The van der Waals surface area contributed by atoms with Crippen LogP contribution >= 0.6 is 11.3 Å². The average molecular weight is 734 g/mol. The first kappa shape index (κ1) is 31.2. The Bertz CT molecular complexity index is 3500. The minimum atomic E-state index is 0.859. The first-order valence-electron chi connectivity index (χ1n) is 18.9. The molecule has 0 bridgehead atoms. The van der Waals surface area contributed by atoms with E-state index in [0.717, 1.165) is 77.5 Å². The molecule has 0 N–H and O–H groups in total. The van der Waals surface area contributed by atoms with Crippen LogP contribution in [0.3, 0.4) is 0 Å². The van der Waals surface area contributed by atoms with Crippen LogP contribution in [0, 0.1) is 0 Å². The van der Waals surface area contributed by atoms with Gasteiger partial charge in [0.05, 0.1) is 16.8 Å². The maximum absolute atomic E-state index is 6.52. The lowest BCUT2D eigenvalue weighted by Crippen LogP contribution is -2.11. The van der Waals surface area contributed by atoms with Crippen LogP contribution in [-0.2, 0) is 0 Å². The average Bonchev–Trinajstić information content (AvgIpc) is 3.96. The van der Waals surface area contributed by atoms with Crippen LogP contribution in [0.5, 0.6) is 0 Å². The fourth-order valence-electron chi connectivity index (χ4n) is 8.70. The summed E-state index contributed by atoms with van der Waals surface area (Å²) in [5.41, 5.74) is 11.4. The third-order valence-corrected chi connectivity index (χ3v) is 12.5. The number of rotatable bonds is 5. The predicted molar refractivity (Wildman–Crippen MR) is 237 cm³/mol. The zero-order valence-electron chi connectivity index (χ0n) is 30.1. The van der Waals surface area contributed by atoms with Gasteiger partial charge in [-0.25, -0.2) is 0 Å². The van der Waals surface area contributed by atoms with Gasteiger partial charge in [-0.1, -0.05) is 127 Å². The van der Waals surface area contributed by atoms with E-state index in [1.165, 1.54) is 36.7 Å². The number of thiophene rings is 1. The third kappa shape index (κ3) is 4.70. The highest BCUT2D eigenvalue weighted by Crippen LogP contribution is 2.47. The number of nitrogens with zero attached hydrogens (tertiary/aromatic N) is 1. The molecule has 0 aliphatic rings. The van der Waals surface area contributed by atoms with E-state index in [9.17, 15) is 0 Å². The standard InChI is InChI=1S/C52H31NO2S/c1-2-13-37-32(11-1)25-29-40-43-31-34(26-30-47(43)55-51(37)40)36-12-3-6-18-44(36)53(45-19-10-21-48-50(45)42-15-4-7-20-46(42)54-48)35-27-23-33(24-28-35)38-16-9-17-41-39-14-5-8-22-49(39)56-52(38)41/h1-31H. The van der Waals surface area contributed by atoms with Crippen molar-refractivity contribution in [2.45, 2.75) is 0 Å². The Balaban J connectivity index is 1.06. The minimum absolute atomic E-state index is 0.859. The first-order chi connectivity index (χ1) is 27.8. The summed E-state index contributed by atoms with van der Waals surface area (Å²) in [5.74, 6) is 0. The van der Waals surface area contributed by atoms with Crippen molar-refractivity contribution in [2.75, 3.05) is 4.90 Å². The smallest absolute Gasteiger partial charge is 0.143 e. The van der Waals surface area contributed by atoms with Crippen molar-refractivity contribution in [1.82, 2.24) is 0 Å². The molecule has 0 radical (unpaired) electrons. The summed E-state index contributed by atoms with van der Waals surface area (Å²) in [6.45, 7) is 0. The third-order valence-electron chi connectivity index (χ3n) is 11.3. The second-order valence-corrected chi connectivity index (χ2v) is 15.5. The van der Waals surface area contributed by atoms with Crippen molar-refractivity contribution in [1.29, 1.82) is 0 Å². The van der Waals surface area contributed by atoms with Gasteiger partial charge in [-0.2, -0.15) is 0 Å². The maximum Gasteiger partial charge on any atom is 0.143 e. The Morgan fingerprint density at radius 3 is 2.00 bits per heavy atom. The van der Waals surface area contributed by atoms with Gasteiger partial charge in [0.2, 0.25) is 0 Å². The van der Waals surface area contributed by atoms with Gasteiger partial charge >= 0.3 is 0 Å². The molecule has 4 heteroatoms. The van der Waals surface area contributed by atoms with E-state index in [-0.39, 0.29) is 0 Å². The van der Waals surface area contributed by atoms with E-state index >= 15 is 0 Å². The first-order valence-corrected chi connectivity index (χ1v) is 19.7. The summed E-state index contributed by atoms with van der Waals surface area (Å²) < 4.78 is 15.6. The lowest BCUT2D eigenvalue weighted by atomic mass is 9.98. The Morgan fingerprint density at radius 1 is 0.393 bits per heavy atom. The second kappa shape index (κ2) is 12.2. The monoisotopic (exact) mass is 733 g/mol. The molecule has 3 nitrogen and oxygen atoms in total. The summed E-state index contributed by atoms with van der Waals surface area (Å²) in [7, 11) is 0. The molecule has 3 aromatic heterocycles. The quantitative estimate of drug-likeness (QED) is 0.176. The van der Waals surface area contributed by atoms with Crippen LogP contribution in [0.4, 0.5) is 17.1 Å². The van der Waals surface area contributed by atoms with Gasteiger partial charge in [0.1, 0.15) is 22.3 Å². The molecule has 0 saturated heterocycles.